The summed E-state index contributed by atoms with van der Waals surface area (Å²) in [6.07, 6.45) is 0.718. The lowest BCUT2D eigenvalue weighted by Gasteiger charge is -2.26. The molecule has 2 aromatic carbocycles. The lowest BCUT2D eigenvalue weighted by atomic mass is 10.0. The molecular weight excluding hydrogens is 326 g/mol. The Bertz CT molecular complexity index is 612. The summed E-state index contributed by atoms with van der Waals surface area (Å²) in [5, 5.41) is 0. The van der Waals surface area contributed by atoms with Crippen LogP contribution in [0.3, 0.4) is 0 Å². The summed E-state index contributed by atoms with van der Waals surface area (Å²) in [6, 6.07) is 14.2. The first kappa shape index (κ1) is 16.1. The van der Waals surface area contributed by atoms with Crippen molar-refractivity contribution in [2.75, 3.05) is 0 Å². The van der Waals surface area contributed by atoms with Gasteiger partial charge in [0, 0.05) is 10.5 Å². The molecule has 0 fully saturated rings. The molecule has 0 amide bonds. The first-order chi connectivity index (χ1) is 10.0. The molecule has 0 saturated carbocycles. The van der Waals surface area contributed by atoms with E-state index in [1.165, 1.54) is 11.1 Å². The van der Waals surface area contributed by atoms with E-state index < -0.39 is 0 Å². The maximum absolute atomic E-state index is 6.29. The SMILES string of the molecule is CCC(N)C(Oc1cccc(C)c1C)c1cccc(Br)c1. The molecule has 0 aromatic heterocycles. The fraction of sp³-hybridized carbons (Fsp3) is 0.333. The third-order valence-electron chi connectivity index (χ3n) is 3.85. The summed E-state index contributed by atoms with van der Waals surface area (Å²) >= 11 is 3.52. The molecular formula is C18H22BrNO. The molecule has 2 aromatic rings. The van der Waals surface area contributed by atoms with Crippen molar-refractivity contribution in [2.45, 2.75) is 39.3 Å². The maximum Gasteiger partial charge on any atom is 0.139 e. The summed E-state index contributed by atoms with van der Waals surface area (Å²) < 4.78 is 7.31. The van der Waals surface area contributed by atoms with Crippen LogP contribution in [-0.4, -0.2) is 6.04 Å². The van der Waals surface area contributed by atoms with Crippen LogP contribution in [0.4, 0.5) is 0 Å². The van der Waals surface area contributed by atoms with Crippen LogP contribution in [0.2, 0.25) is 0 Å². The predicted molar refractivity (Wildman–Crippen MR) is 91.7 cm³/mol. The summed E-state index contributed by atoms with van der Waals surface area (Å²) in [5.74, 6) is 0.906. The van der Waals surface area contributed by atoms with Crippen LogP contribution in [0.5, 0.6) is 5.75 Å². The van der Waals surface area contributed by atoms with Crippen molar-refractivity contribution in [1.29, 1.82) is 0 Å². The number of hydrogen-bond donors (Lipinski definition) is 1. The van der Waals surface area contributed by atoms with E-state index >= 15 is 0 Å². The largest absolute Gasteiger partial charge is 0.484 e. The summed E-state index contributed by atoms with van der Waals surface area (Å²) in [5.41, 5.74) is 9.79. The summed E-state index contributed by atoms with van der Waals surface area (Å²) in [6.45, 7) is 6.26. The lowest BCUT2D eigenvalue weighted by Crippen LogP contribution is -2.31. The highest BCUT2D eigenvalue weighted by molar-refractivity contribution is 9.10. The van der Waals surface area contributed by atoms with Crippen LogP contribution in [0.1, 0.15) is 36.1 Å². The molecule has 2 nitrogen and oxygen atoms in total. The molecule has 0 heterocycles. The highest BCUT2D eigenvalue weighted by Crippen LogP contribution is 2.30. The van der Waals surface area contributed by atoms with Gasteiger partial charge in [-0.1, -0.05) is 47.1 Å². The van der Waals surface area contributed by atoms with E-state index in [0.717, 1.165) is 22.2 Å². The van der Waals surface area contributed by atoms with Crippen LogP contribution < -0.4 is 10.5 Å². The van der Waals surface area contributed by atoms with E-state index in [2.05, 4.69) is 54.9 Å². The zero-order valence-electron chi connectivity index (χ0n) is 12.8. The monoisotopic (exact) mass is 347 g/mol. The van der Waals surface area contributed by atoms with Gasteiger partial charge >= 0.3 is 0 Å². The van der Waals surface area contributed by atoms with Gasteiger partial charge in [-0.2, -0.15) is 0 Å². The van der Waals surface area contributed by atoms with E-state index in [0.29, 0.717) is 0 Å². The Morgan fingerprint density at radius 2 is 1.86 bits per heavy atom. The molecule has 0 aliphatic carbocycles. The second-order valence-corrected chi connectivity index (χ2v) is 6.28. The molecule has 2 rings (SSSR count). The first-order valence-corrected chi connectivity index (χ1v) is 8.06. The van der Waals surface area contributed by atoms with Gasteiger partial charge in [0.15, 0.2) is 0 Å². The molecule has 2 atom stereocenters. The zero-order valence-corrected chi connectivity index (χ0v) is 14.4. The smallest absolute Gasteiger partial charge is 0.139 e. The van der Waals surface area contributed by atoms with E-state index in [-0.39, 0.29) is 12.1 Å². The minimum atomic E-state index is -0.145. The van der Waals surface area contributed by atoms with Gasteiger partial charge in [0.2, 0.25) is 0 Å². The van der Waals surface area contributed by atoms with Crippen molar-refractivity contribution in [1.82, 2.24) is 0 Å². The number of aryl methyl sites for hydroxylation is 1. The molecule has 3 heteroatoms. The van der Waals surface area contributed by atoms with Gasteiger partial charge in [-0.3, -0.25) is 0 Å². The number of halogens is 1. The fourth-order valence-electron chi connectivity index (χ4n) is 2.29. The number of rotatable bonds is 5. The van der Waals surface area contributed by atoms with E-state index in [1.807, 2.05) is 24.3 Å². The third-order valence-corrected chi connectivity index (χ3v) is 4.34. The number of ether oxygens (including phenoxy) is 1. The second-order valence-electron chi connectivity index (χ2n) is 5.36. The van der Waals surface area contributed by atoms with Gasteiger partial charge in [0.25, 0.3) is 0 Å². The molecule has 0 bridgehead atoms. The molecule has 0 saturated heterocycles. The maximum atomic E-state index is 6.29. The molecule has 0 radical (unpaired) electrons. The van der Waals surface area contributed by atoms with E-state index in [1.54, 1.807) is 0 Å². The summed E-state index contributed by atoms with van der Waals surface area (Å²) in [4.78, 5) is 0. The number of benzene rings is 2. The second kappa shape index (κ2) is 7.10. The zero-order chi connectivity index (χ0) is 15.4. The van der Waals surface area contributed by atoms with Gasteiger partial charge in [-0.25, -0.2) is 0 Å². The van der Waals surface area contributed by atoms with Crippen LogP contribution in [0.15, 0.2) is 46.9 Å². The molecule has 112 valence electrons. The molecule has 21 heavy (non-hydrogen) atoms. The molecule has 2 N–H and O–H groups in total. The minimum Gasteiger partial charge on any atom is -0.484 e. The van der Waals surface area contributed by atoms with Crippen molar-refractivity contribution in [2.24, 2.45) is 5.73 Å². The van der Waals surface area contributed by atoms with Crippen LogP contribution >= 0.6 is 15.9 Å². The Balaban J connectivity index is 2.35. The van der Waals surface area contributed by atoms with Crippen molar-refractivity contribution >= 4 is 15.9 Å². The predicted octanol–water partition coefficient (Wildman–Crippen LogP) is 4.92. The Labute approximate surface area is 135 Å². The Hall–Kier alpha value is -1.32. The molecule has 0 spiro atoms. The van der Waals surface area contributed by atoms with Gasteiger partial charge in [-0.05, 0) is 55.2 Å². The Kier molecular flexibility index (Phi) is 5.43. The normalized spacial score (nSPS) is 13.8. The summed E-state index contributed by atoms with van der Waals surface area (Å²) in [7, 11) is 0. The van der Waals surface area contributed by atoms with Gasteiger partial charge in [-0.15, -0.1) is 0 Å². The van der Waals surface area contributed by atoms with Crippen molar-refractivity contribution < 1.29 is 4.74 Å². The highest BCUT2D eigenvalue weighted by atomic mass is 79.9. The Morgan fingerprint density at radius 1 is 1.14 bits per heavy atom. The highest BCUT2D eigenvalue weighted by Gasteiger charge is 2.21. The van der Waals surface area contributed by atoms with E-state index in [9.17, 15) is 0 Å². The van der Waals surface area contributed by atoms with Crippen molar-refractivity contribution in [3.63, 3.8) is 0 Å². The Morgan fingerprint density at radius 3 is 2.52 bits per heavy atom. The molecule has 2 unspecified atom stereocenters. The average Bonchev–Trinajstić information content (AvgIpc) is 2.48. The van der Waals surface area contributed by atoms with Gasteiger partial charge < -0.3 is 10.5 Å². The van der Waals surface area contributed by atoms with Gasteiger partial charge in [0.05, 0.1) is 0 Å². The minimum absolute atomic E-state index is 0.0424. The average molecular weight is 348 g/mol. The van der Waals surface area contributed by atoms with Crippen LogP contribution in [0.25, 0.3) is 0 Å². The van der Waals surface area contributed by atoms with Crippen molar-refractivity contribution in [3.8, 4) is 5.75 Å². The van der Waals surface area contributed by atoms with E-state index in [4.69, 9.17) is 10.5 Å². The quantitative estimate of drug-likeness (QED) is 0.832. The van der Waals surface area contributed by atoms with Crippen LogP contribution in [0, 0.1) is 13.8 Å². The first-order valence-electron chi connectivity index (χ1n) is 7.26. The van der Waals surface area contributed by atoms with Crippen molar-refractivity contribution in [3.05, 3.63) is 63.6 Å². The van der Waals surface area contributed by atoms with Crippen LogP contribution in [-0.2, 0) is 0 Å². The molecule has 0 aliphatic rings. The fourth-order valence-corrected chi connectivity index (χ4v) is 2.71. The number of nitrogens with two attached hydrogens (primary N) is 1. The standard InChI is InChI=1S/C18H22BrNO/c1-4-16(20)18(14-8-6-9-15(19)11-14)21-17-10-5-7-12(2)13(17)3/h5-11,16,18H,4,20H2,1-3H3. The number of hydrogen-bond acceptors (Lipinski definition) is 2. The van der Waals surface area contributed by atoms with Gasteiger partial charge in [0.1, 0.15) is 11.9 Å². The molecule has 0 aliphatic heterocycles. The topological polar surface area (TPSA) is 35.2 Å². The third kappa shape index (κ3) is 3.86. The lowest BCUT2D eigenvalue weighted by molar-refractivity contribution is 0.169.